The number of likely N-dealkylation sites (N-methyl/N-ethyl adjacent to an activating group) is 1. The Balaban J connectivity index is 1.58. The third kappa shape index (κ3) is 6.58. The quantitative estimate of drug-likeness (QED) is 0.290. The van der Waals surface area contributed by atoms with E-state index in [4.69, 9.17) is 31.5 Å². The van der Waals surface area contributed by atoms with Crippen molar-refractivity contribution in [1.29, 1.82) is 0 Å². The highest BCUT2D eigenvalue weighted by atomic mass is 32.2. The molecule has 0 aliphatic carbocycles. The van der Waals surface area contributed by atoms with Crippen LogP contribution < -0.4 is 9.47 Å². The predicted octanol–water partition coefficient (Wildman–Crippen LogP) is 4.22. The minimum absolute atomic E-state index is 0.0906. The van der Waals surface area contributed by atoms with E-state index in [9.17, 15) is 8.42 Å². The molecule has 0 unspecified atom stereocenters. The lowest BCUT2D eigenvalue weighted by Gasteiger charge is -2.26. The molecule has 0 spiro atoms. The lowest BCUT2D eigenvalue weighted by atomic mass is 10.1. The summed E-state index contributed by atoms with van der Waals surface area (Å²) in [5.74, 6) is 2.07. The Morgan fingerprint density at radius 3 is 2.50 bits per heavy atom. The molecule has 2 aromatic carbocycles. The van der Waals surface area contributed by atoms with Crippen LogP contribution in [0.2, 0.25) is 0 Å². The van der Waals surface area contributed by atoms with E-state index in [1.807, 2.05) is 40.6 Å². The number of ether oxygens (including phenoxy) is 3. The first kappa shape index (κ1) is 30.2. The Kier molecular flexibility index (Phi) is 10.0. The van der Waals surface area contributed by atoms with Crippen molar-refractivity contribution in [2.75, 3.05) is 54.1 Å². The van der Waals surface area contributed by atoms with Crippen LogP contribution in [-0.4, -0.2) is 86.1 Å². The van der Waals surface area contributed by atoms with Crippen LogP contribution in [0.15, 0.2) is 47.4 Å². The standard InChI is InChI=1S/C28H39N5O5S2/c1-6-21(2)33-27(23-8-7-9-24(19-23)40(34,35)31-14-16-38-17-15-31)29-32(28(33)39)20-30(3)13-12-22-10-11-25(36-4)26(18-22)37-5/h7-11,18-19,21H,6,12-17,20H2,1-5H3/t21-/m0/s1. The van der Waals surface area contributed by atoms with Crippen molar-refractivity contribution in [1.82, 2.24) is 23.6 Å². The van der Waals surface area contributed by atoms with Gasteiger partial charge in [-0.3, -0.25) is 9.47 Å². The summed E-state index contributed by atoms with van der Waals surface area (Å²) >= 11 is 5.89. The van der Waals surface area contributed by atoms with Gasteiger partial charge in [0.15, 0.2) is 22.1 Å². The number of nitrogens with zero attached hydrogens (tertiary/aromatic N) is 5. The van der Waals surface area contributed by atoms with Crippen molar-refractivity contribution >= 4 is 22.2 Å². The summed E-state index contributed by atoms with van der Waals surface area (Å²) in [5, 5.41) is 4.90. The number of rotatable bonds is 12. The van der Waals surface area contributed by atoms with Gasteiger partial charge in [0, 0.05) is 31.2 Å². The Labute approximate surface area is 242 Å². The fraction of sp³-hybridized carbons (Fsp3) is 0.500. The van der Waals surface area contributed by atoms with Crippen molar-refractivity contribution in [3.8, 4) is 22.9 Å². The van der Waals surface area contributed by atoms with E-state index in [1.54, 1.807) is 32.4 Å². The number of methoxy groups -OCH3 is 2. The Hall–Kier alpha value is -2.77. The summed E-state index contributed by atoms with van der Waals surface area (Å²) in [6.45, 7) is 6.96. The van der Waals surface area contributed by atoms with Crippen molar-refractivity contribution in [2.45, 2.75) is 44.3 Å². The van der Waals surface area contributed by atoms with Crippen LogP contribution >= 0.6 is 12.2 Å². The van der Waals surface area contributed by atoms with E-state index in [0.717, 1.165) is 24.9 Å². The van der Waals surface area contributed by atoms with Crippen molar-refractivity contribution in [3.63, 3.8) is 0 Å². The van der Waals surface area contributed by atoms with Gasteiger partial charge in [-0.05, 0) is 68.9 Å². The second-order valence-corrected chi connectivity index (χ2v) is 12.2. The molecule has 40 heavy (non-hydrogen) atoms. The zero-order valence-electron chi connectivity index (χ0n) is 23.9. The largest absolute Gasteiger partial charge is 0.493 e. The lowest BCUT2D eigenvalue weighted by molar-refractivity contribution is 0.0730. The van der Waals surface area contributed by atoms with Gasteiger partial charge >= 0.3 is 0 Å². The molecule has 0 bridgehead atoms. The summed E-state index contributed by atoms with van der Waals surface area (Å²) in [6, 6.07) is 13.0. The van der Waals surface area contributed by atoms with Crippen LogP contribution in [0.3, 0.4) is 0 Å². The molecule has 12 heteroatoms. The first-order valence-electron chi connectivity index (χ1n) is 13.5. The van der Waals surface area contributed by atoms with Crippen LogP contribution in [0, 0.1) is 4.77 Å². The Morgan fingerprint density at radius 2 is 1.82 bits per heavy atom. The average Bonchev–Trinajstić information content (AvgIpc) is 3.31. The fourth-order valence-electron chi connectivity index (χ4n) is 4.68. The summed E-state index contributed by atoms with van der Waals surface area (Å²) in [4.78, 5) is 2.40. The molecule has 218 valence electrons. The zero-order chi connectivity index (χ0) is 28.9. The van der Waals surface area contributed by atoms with Gasteiger partial charge in [-0.15, -0.1) is 0 Å². The number of hydrogen-bond donors (Lipinski definition) is 0. The maximum Gasteiger partial charge on any atom is 0.243 e. The molecule has 1 saturated heterocycles. The van der Waals surface area contributed by atoms with Gasteiger partial charge in [-0.1, -0.05) is 25.1 Å². The van der Waals surface area contributed by atoms with Gasteiger partial charge in [-0.25, -0.2) is 13.1 Å². The highest BCUT2D eigenvalue weighted by molar-refractivity contribution is 7.89. The molecule has 3 aromatic rings. The number of sulfonamides is 1. The van der Waals surface area contributed by atoms with Crippen LogP contribution in [0.1, 0.15) is 31.9 Å². The van der Waals surface area contributed by atoms with E-state index in [-0.39, 0.29) is 10.9 Å². The SMILES string of the molecule is CC[C@H](C)n1c(-c2cccc(S(=O)(=O)N3CCOCC3)c2)nn(CN(C)CCc2ccc(OC)c(OC)c2)c1=S. The number of morpholine rings is 1. The van der Waals surface area contributed by atoms with E-state index >= 15 is 0 Å². The Bertz CT molecular complexity index is 1460. The fourth-order valence-corrected chi connectivity index (χ4v) is 6.50. The average molecular weight is 590 g/mol. The summed E-state index contributed by atoms with van der Waals surface area (Å²) in [5.41, 5.74) is 1.85. The summed E-state index contributed by atoms with van der Waals surface area (Å²) in [7, 11) is 1.65. The van der Waals surface area contributed by atoms with E-state index in [0.29, 0.717) is 60.6 Å². The second-order valence-electron chi connectivity index (χ2n) is 9.94. The van der Waals surface area contributed by atoms with Crippen LogP contribution in [0.25, 0.3) is 11.4 Å². The molecule has 1 aromatic heterocycles. The van der Waals surface area contributed by atoms with Gasteiger partial charge in [0.05, 0.1) is 39.0 Å². The van der Waals surface area contributed by atoms with Crippen LogP contribution in [-0.2, 0) is 27.8 Å². The predicted molar refractivity (Wildman–Crippen MR) is 157 cm³/mol. The number of aromatic nitrogens is 3. The van der Waals surface area contributed by atoms with Crippen molar-refractivity contribution in [3.05, 3.63) is 52.8 Å². The molecule has 1 aliphatic rings. The third-order valence-corrected chi connectivity index (χ3v) is 9.51. The molecular weight excluding hydrogens is 550 g/mol. The highest BCUT2D eigenvalue weighted by Crippen LogP contribution is 2.29. The molecule has 1 fully saturated rings. The van der Waals surface area contributed by atoms with Crippen LogP contribution in [0.5, 0.6) is 11.5 Å². The monoisotopic (exact) mass is 589 g/mol. The molecule has 0 saturated carbocycles. The lowest BCUT2D eigenvalue weighted by Crippen LogP contribution is -2.40. The smallest absolute Gasteiger partial charge is 0.243 e. The Morgan fingerprint density at radius 1 is 1.10 bits per heavy atom. The van der Waals surface area contributed by atoms with Gasteiger partial charge in [0.2, 0.25) is 10.0 Å². The molecular formula is C28H39N5O5S2. The summed E-state index contributed by atoms with van der Waals surface area (Å²) < 4.78 is 48.7. The number of hydrogen-bond acceptors (Lipinski definition) is 8. The van der Waals surface area contributed by atoms with Gasteiger partial charge < -0.3 is 14.2 Å². The topological polar surface area (TPSA) is 91.1 Å². The van der Waals surface area contributed by atoms with Crippen molar-refractivity contribution in [2.24, 2.45) is 0 Å². The molecule has 0 N–H and O–H groups in total. The van der Waals surface area contributed by atoms with Crippen LogP contribution in [0.4, 0.5) is 0 Å². The van der Waals surface area contributed by atoms with E-state index < -0.39 is 10.0 Å². The maximum absolute atomic E-state index is 13.3. The minimum atomic E-state index is -3.64. The van der Waals surface area contributed by atoms with E-state index in [1.165, 1.54) is 4.31 Å². The first-order chi connectivity index (χ1) is 19.2. The normalized spacial score (nSPS) is 15.3. The zero-order valence-corrected chi connectivity index (χ0v) is 25.5. The maximum atomic E-state index is 13.3. The minimum Gasteiger partial charge on any atom is -0.493 e. The first-order valence-corrected chi connectivity index (χ1v) is 15.3. The molecule has 10 nitrogen and oxygen atoms in total. The van der Waals surface area contributed by atoms with Gasteiger partial charge in [-0.2, -0.15) is 9.40 Å². The molecule has 2 heterocycles. The van der Waals surface area contributed by atoms with Crippen molar-refractivity contribution < 1.29 is 22.6 Å². The molecule has 4 rings (SSSR count). The van der Waals surface area contributed by atoms with E-state index in [2.05, 4.69) is 18.7 Å². The third-order valence-electron chi connectivity index (χ3n) is 7.21. The second kappa shape index (κ2) is 13.3. The number of benzene rings is 2. The van der Waals surface area contributed by atoms with Gasteiger partial charge in [0.25, 0.3) is 0 Å². The molecule has 1 atom stereocenters. The highest BCUT2D eigenvalue weighted by Gasteiger charge is 2.27. The van der Waals surface area contributed by atoms with Gasteiger partial charge in [0.1, 0.15) is 0 Å². The summed E-state index contributed by atoms with van der Waals surface area (Å²) in [6.07, 6.45) is 1.67. The molecule has 0 radical (unpaired) electrons. The molecule has 1 aliphatic heterocycles. The molecule has 0 amide bonds.